The molecule has 0 aliphatic heterocycles. The van der Waals surface area contributed by atoms with Gasteiger partial charge in [0.25, 0.3) is 0 Å². The summed E-state index contributed by atoms with van der Waals surface area (Å²) in [5.74, 6) is 1.83. The smallest absolute Gasteiger partial charge is 0.164 e. The third-order valence-electron chi connectivity index (χ3n) is 13.4. The minimum atomic E-state index is -0.0463. The lowest BCUT2D eigenvalue weighted by Gasteiger charge is -2.22. The van der Waals surface area contributed by atoms with E-state index >= 15 is 0 Å². The molecule has 12 aromatic rings. The molecule has 65 heavy (non-hydrogen) atoms. The first-order chi connectivity index (χ1) is 31.9. The Hall–Kier alpha value is -7.99. The molecule has 306 valence electrons. The molecule has 0 N–H and O–H groups in total. The Bertz CT molecular complexity index is 3860. The van der Waals surface area contributed by atoms with Gasteiger partial charge in [-0.1, -0.05) is 172 Å². The van der Waals surface area contributed by atoms with Gasteiger partial charge in [-0.3, -0.25) is 0 Å². The molecule has 1 aliphatic carbocycles. The maximum atomic E-state index is 6.56. The number of hydrogen-bond donors (Lipinski definition) is 0. The topological polar surface area (TPSA) is 51.8 Å². The number of furan rings is 1. The van der Waals surface area contributed by atoms with Crippen molar-refractivity contribution in [2.75, 3.05) is 0 Å². The molecular weight excluding hydrogens is 811 g/mol. The van der Waals surface area contributed by atoms with Crippen molar-refractivity contribution in [1.29, 1.82) is 0 Å². The van der Waals surface area contributed by atoms with Crippen molar-refractivity contribution in [2.45, 2.75) is 19.3 Å². The summed E-state index contributed by atoms with van der Waals surface area (Å²) in [5, 5.41) is 4.48. The number of rotatable bonds is 6. The van der Waals surface area contributed by atoms with Gasteiger partial charge in [0.2, 0.25) is 0 Å². The van der Waals surface area contributed by atoms with Crippen LogP contribution in [-0.2, 0) is 5.41 Å². The molecule has 4 nitrogen and oxygen atoms in total. The zero-order valence-corrected chi connectivity index (χ0v) is 36.5. The van der Waals surface area contributed by atoms with Gasteiger partial charge in [-0.05, 0) is 98.1 Å². The van der Waals surface area contributed by atoms with E-state index in [2.05, 4.69) is 196 Å². The molecule has 0 radical (unpaired) electrons. The maximum absolute atomic E-state index is 6.56. The predicted molar refractivity (Wildman–Crippen MR) is 270 cm³/mol. The average molecular weight is 850 g/mol. The number of thiophene rings is 1. The minimum absolute atomic E-state index is 0.0463. The van der Waals surface area contributed by atoms with Crippen LogP contribution in [0.4, 0.5) is 0 Å². The Morgan fingerprint density at radius 3 is 1.77 bits per heavy atom. The lowest BCUT2D eigenvalue weighted by Crippen LogP contribution is -2.14. The molecule has 0 unspecified atom stereocenters. The van der Waals surface area contributed by atoms with Crippen LogP contribution in [0.2, 0.25) is 0 Å². The van der Waals surface area contributed by atoms with Gasteiger partial charge in [-0.15, -0.1) is 11.3 Å². The van der Waals surface area contributed by atoms with Crippen molar-refractivity contribution < 1.29 is 4.42 Å². The second kappa shape index (κ2) is 14.5. The molecule has 3 aromatic heterocycles. The van der Waals surface area contributed by atoms with E-state index in [1.54, 1.807) is 11.3 Å². The van der Waals surface area contributed by atoms with E-state index in [1.165, 1.54) is 53.6 Å². The summed E-state index contributed by atoms with van der Waals surface area (Å²) in [6, 6.07) is 71.4. The van der Waals surface area contributed by atoms with Gasteiger partial charge in [0, 0.05) is 53.1 Å². The molecule has 0 atom stereocenters. The summed E-state index contributed by atoms with van der Waals surface area (Å²) in [4.78, 5) is 15.7. The normalized spacial score (nSPS) is 12.9. The molecule has 0 saturated carbocycles. The van der Waals surface area contributed by atoms with Crippen molar-refractivity contribution in [3.05, 3.63) is 211 Å². The molecule has 1 aliphatic rings. The summed E-state index contributed by atoms with van der Waals surface area (Å²) in [5.41, 5.74) is 16.7. The second-order valence-electron chi connectivity index (χ2n) is 17.6. The van der Waals surface area contributed by atoms with Crippen molar-refractivity contribution in [3.8, 4) is 78.7 Å². The molecule has 13 rings (SSSR count). The zero-order chi connectivity index (χ0) is 43.2. The Labute approximate surface area is 380 Å². The van der Waals surface area contributed by atoms with Crippen LogP contribution in [0.5, 0.6) is 0 Å². The number of benzene rings is 9. The van der Waals surface area contributed by atoms with Gasteiger partial charge in [-0.2, -0.15) is 0 Å². The summed E-state index contributed by atoms with van der Waals surface area (Å²) in [7, 11) is 0. The van der Waals surface area contributed by atoms with Crippen molar-refractivity contribution in [1.82, 2.24) is 15.0 Å². The number of hydrogen-bond acceptors (Lipinski definition) is 5. The number of aromatic nitrogens is 3. The van der Waals surface area contributed by atoms with E-state index in [4.69, 9.17) is 19.4 Å². The fraction of sp³-hybridized carbons (Fsp3) is 0.0500. The fourth-order valence-corrected chi connectivity index (χ4v) is 11.2. The van der Waals surface area contributed by atoms with Crippen LogP contribution >= 0.6 is 11.3 Å². The highest BCUT2D eigenvalue weighted by molar-refractivity contribution is 7.25. The quantitative estimate of drug-likeness (QED) is 0.167. The molecule has 0 amide bonds. The van der Waals surface area contributed by atoms with Gasteiger partial charge < -0.3 is 4.42 Å². The average Bonchev–Trinajstić information content (AvgIpc) is 4.01. The van der Waals surface area contributed by atoms with Crippen LogP contribution < -0.4 is 0 Å². The van der Waals surface area contributed by atoms with E-state index < -0.39 is 0 Å². The third-order valence-corrected chi connectivity index (χ3v) is 14.5. The van der Waals surface area contributed by atoms with Gasteiger partial charge in [0.05, 0.1) is 0 Å². The van der Waals surface area contributed by atoms with E-state index in [1.807, 2.05) is 18.2 Å². The van der Waals surface area contributed by atoms with Gasteiger partial charge in [-0.25, -0.2) is 15.0 Å². The summed E-state index contributed by atoms with van der Waals surface area (Å²) >= 11 is 1.79. The highest BCUT2D eigenvalue weighted by atomic mass is 32.1. The molecular formula is C60H39N3OS. The zero-order valence-electron chi connectivity index (χ0n) is 35.7. The molecule has 0 saturated heterocycles. The Balaban J connectivity index is 0.921. The lowest BCUT2D eigenvalue weighted by atomic mass is 9.81. The van der Waals surface area contributed by atoms with Crippen LogP contribution in [0.1, 0.15) is 25.0 Å². The van der Waals surface area contributed by atoms with Gasteiger partial charge >= 0.3 is 0 Å². The van der Waals surface area contributed by atoms with E-state index in [-0.39, 0.29) is 5.41 Å². The first-order valence-electron chi connectivity index (χ1n) is 22.1. The van der Waals surface area contributed by atoms with Crippen LogP contribution in [-0.4, -0.2) is 15.0 Å². The van der Waals surface area contributed by atoms with Crippen LogP contribution in [0.15, 0.2) is 205 Å². The first kappa shape index (κ1) is 37.6. The molecule has 0 bridgehead atoms. The Morgan fingerprint density at radius 2 is 0.923 bits per heavy atom. The molecule has 9 aromatic carbocycles. The van der Waals surface area contributed by atoms with Crippen molar-refractivity contribution in [2.24, 2.45) is 0 Å². The Kier molecular flexibility index (Phi) is 8.39. The SMILES string of the molecule is CC1(C)c2ccccc2-c2ccc(-c3ccc(-c4ccc5oc6cccc(-c7nc(-c8cccc(-c9ccccc9)c8)nc(-c8ccc9c(c8)sc8ccccc89)n7)c6c5c4)cc3)cc21. The van der Waals surface area contributed by atoms with E-state index in [0.29, 0.717) is 17.5 Å². The van der Waals surface area contributed by atoms with Crippen LogP contribution in [0.25, 0.3) is 121 Å². The fourth-order valence-electron chi connectivity index (χ4n) is 10.0. The summed E-state index contributed by atoms with van der Waals surface area (Å²) in [6.07, 6.45) is 0. The predicted octanol–water partition coefficient (Wildman–Crippen LogP) is 16.4. The van der Waals surface area contributed by atoms with E-state index in [0.717, 1.165) is 60.9 Å². The third kappa shape index (κ3) is 6.15. The largest absolute Gasteiger partial charge is 0.456 e. The molecule has 0 spiro atoms. The minimum Gasteiger partial charge on any atom is -0.456 e. The summed E-state index contributed by atoms with van der Waals surface area (Å²) < 4.78 is 9.02. The highest BCUT2D eigenvalue weighted by Crippen LogP contribution is 2.50. The Morgan fingerprint density at radius 1 is 0.354 bits per heavy atom. The number of nitrogens with zero attached hydrogens (tertiary/aromatic N) is 3. The van der Waals surface area contributed by atoms with Crippen molar-refractivity contribution in [3.63, 3.8) is 0 Å². The van der Waals surface area contributed by atoms with Crippen LogP contribution in [0.3, 0.4) is 0 Å². The number of fused-ring (bicyclic) bond motifs is 9. The first-order valence-corrected chi connectivity index (χ1v) is 22.9. The monoisotopic (exact) mass is 849 g/mol. The molecule has 5 heteroatoms. The van der Waals surface area contributed by atoms with Gasteiger partial charge in [0.1, 0.15) is 11.2 Å². The standard InChI is InChI=1S/C60H39N3OS/c1-60(2)50-19-8-6-16-44(50)45-29-26-41(34-51(45)60)38-24-22-37(23-25-38)40-28-31-52-49(33-40)56-48(18-11-20-53(56)64-52)59-62-57(42-15-10-14-39(32-42)36-12-4-3-5-13-36)61-58(63-59)43-27-30-47-46-17-7-9-21-54(46)65-55(47)35-43/h3-35H,1-2H3. The lowest BCUT2D eigenvalue weighted by molar-refractivity contribution is 0.660. The molecule has 0 fully saturated rings. The highest BCUT2D eigenvalue weighted by Gasteiger charge is 2.35. The van der Waals surface area contributed by atoms with Gasteiger partial charge in [0.15, 0.2) is 17.5 Å². The van der Waals surface area contributed by atoms with Crippen molar-refractivity contribution >= 4 is 53.4 Å². The maximum Gasteiger partial charge on any atom is 0.164 e. The van der Waals surface area contributed by atoms with Crippen LogP contribution in [0, 0.1) is 0 Å². The molecule has 3 heterocycles. The van der Waals surface area contributed by atoms with E-state index in [9.17, 15) is 0 Å². The second-order valence-corrected chi connectivity index (χ2v) is 18.6. The summed E-state index contributed by atoms with van der Waals surface area (Å²) in [6.45, 7) is 4.67.